The van der Waals surface area contributed by atoms with Gasteiger partial charge in [0.15, 0.2) is 0 Å². The van der Waals surface area contributed by atoms with Gasteiger partial charge in [-0.2, -0.15) is 0 Å². The summed E-state index contributed by atoms with van der Waals surface area (Å²) in [5, 5.41) is 11.6. The standard InChI is InChI=1S/C10H16N2O3/c13-9-5-11-8(10(14)15)6-12(9)7-3-1-2-4-7/h7-8,11H,1-6H2,(H,14,15). The number of carboxylic acids is 1. The van der Waals surface area contributed by atoms with Crippen LogP contribution in [-0.4, -0.2) is 47.1 Å². The second kappa shape index (κ2) is 4.18. The van der Waals surface area contributed by atoms with Crippen molar-refractivity contribution in [3.05, 3.63) is 0 Å². The van der Waals surface area contributed by atoms with Gasteiger partial charge in [0, 0.05) is 12.6 Å². The van der Waals surface area contributed by atoms with Gasteiger partial charge in [-0.1, -0.05) is 12.8 Å². The summed E-state index contributed by atoms with van der Waals surface area (Å²) in [5.74, 6) is -0.829. The third-order valence-electron chi connectivity index (χ3n) is 3.26. The summed E-state index contributed by atoms with van der Waals surface area (Å²) in [7, 11) is 0. The molecule has 84 valence electrons. The van der Waals surface area contributed by atoms with E-state index in [1.165, 1.54) is 0 Å². The fourth-order valence-corrected chi connectivity index (χ4v) is 2.41. The van der Waals surface area contributed by atoms with Gasteiger partial charge in [-0.05, 0) is 12.8 Å². The van der Waals surface area contributed by atoms with Crippen LogP contribution in [0.3, 0.4) is 0 Å². The molecule has 2 fully saturated rings. The van der Waals surface area contributed by atoms with E-state index in [-0.39, 0.29) is 18.5 Å². The molecule has 1 saturated heterocycles. The Hall–Kier alpha value is -1.10. The Bertz CT molecular complexity index is 274. The molecular weight excluding hydrogens is 196 g/mol. The van der Waals surface area contributed by atoms with E-state index in [0.717, 1.165) is 25.7 Å². The van der Waals surface area contributed by atoms with Gasteiger partial charge in [0.2, 0.25) is 5.91 Å². The molecule has 0 radical (unpaired) electrons. The summed E-state index contributed by atoms with van der Waals surface area (Å²) in [4.78, 5) is 24.2. The third kappa shape index (κ3) is 2.12. The highest BCUT2D eigenvalue weighted by atomic mass is 16.4. The molecule has 1 atom stereocenters. The smallest absolute Gasteiger partial charge is 0.322 e. The highest BCUT2D eigenvalue weighted by molar-refractivity contribution is 5.83. The fraction of sp³-hybridized carbons (Fsp3) is 0.800. The number of nitrogens with zero attached hydrogens (tertiary/aromatic N) is 1. The Labute approximate surface area is 88.4 Å². The number of carbonyl (C=O) groups excluding carboxylic acids is 1. The number of amides is 1. The summed E-state index contributed by atoms with van der Waals surface area (Å²) in [6.07, 6.45) is 4.36. The zero-order valence-electron chi connectivity index (χ0n) is 8.61. The number of carbonyl (C=O) groups is 2. The van der Waals surface area contributed by atoms with Crippen LogP contribution in [0.1, 0.15) is 25.7 Å². The Morgan fingerprint density at radius 3 is 2.67 bits per heavy atom. The van der Waals surface area contributed by atoms with Crippen molar-refractivity contribution in [2.24, 2.45) is 0 Å². The highest BCUT2D eigenvalue weighted by Gasteiger charge is 2.34. The lowest BCUT2D eigenvalue weighted by Crippen LogP contribution is -2.59. The predicted molar refractivity (Wildman–Crippen MR) is 53.4 cm³/mol. The Kier molecular flexibility index (Phi) is 2.90. The van der Waals surface area contributed by atoms with Crippen molar-refractivity contribution >= 4 is 11.9 Å². The van der Waals surface area contributed by atoms with Gasteiger partial charge >= 0.3 is 5.97 Å². The molecule has 0 aromatic rings. The molecule has 0 aromatic carbocycles. The molecule has 2 rings (SSSR count). The van der Waals surface area contributed by atoms with Gasteiger partial charge in [0.25, 0.3) is 0 Å². The van der Waals surface area contributed by atoms with Crippen LogP contribution in [-0.2, 0) is 9.59 Å². The number of piperazine rings is 1. The number of aliphatic carboxylic acids is 1. The lowest BCUT2D eigenvalue weighted by Gasteiger charge is -2.35. The zero-order chi connectivity index (χ0) is 10.8. The van der Waals surface area contributed by atoms with Crippen molar-refractivity contribution in [3.8, 4) is 0 Å². The minimum absolute atomic E-state index is 0.0411. The van der Waals surface area contributed by atoms with Crippen LogP contribution in [0.5, 0.6) is 0 Å². The van der Waals surface area contributed by atoms with E-state index >= 15 is 0 Å². The first-order valence-corrected chi connectivity index (χ1v) is 5.44. The van der Waals surface area contributed by atoms with Gasteiger partial charge in [0.1, 0.15) is 6.04 Å². The topological polar surface area (TPSA) is 69.6 Å². The van der Waals surface area contributed by atoms with Crippen LogP contribution < -0.4 is 5.32 Å². The molecule has 2 N–H and O–H groups in total. The summed E-state index contributed by atoms with van der Waals surface area (Å²) >= 11 is 0. The normalized spacial score (nSPS) is 28.4. The number of carboxylic acid groups (broad SMARTS) is 1. The average Bonchev–Trinajstić information content (AvgIpc) is 2.71. The maximum atomic E-state index is 11.6. The van der Waals surface area contributed by atoms with Gasteiger partial charge in [-0.25, -0.2) is 0 Å². The molecule has 1 unspecified atom stereocenters. The van der Waals surface area contributed by atoms with E-state index in [9.17, 15) is 9.59 Å². The molecule has 0 aromatic heterocycles. The summed E-state index contributed by atoms with van der Waals surface area (Å²) in [6, 6.07) is -0.315. The van der Waals surface area contributed by atoms with E-state index in [4.69, 9.17) is 5.11 Å². The van der Waals surface area contributed by atoms with E-state index in [2.05, 4.69) is 5.32 Å². The first kappa shape index (κ1) is 10.4. The fourth-order valence-electron chi connectivity index (χ4n) is 2.41. The quantitative estimate of drug-likeness (QED) is 0.666. The second-order valence-electron chi connectivity index (χ2n) is 4.26. The molecule has 5 heteroatoms. The molecule has 5 nitrogen and oxygen atoms in total. The van der Waals surface area contributed by atoms with Crippen molar-refractivity contribution in [1.82, 2.24) is 10.2 Å². The minimum Gasteiger partial charge on any atom is -0.480 e. The van der Waals surface area contributed by atoms with E-state index in [1.807, 2.05) is 0 Å². The molecule has 1 amide bonds. The van der Waals surface area contributed by atoms with Gasteiger partial charge < -0.3 is 10.0 Å². The lowest BCUT2D eigenvalue weighted by molar-refractivity contribution is -0.145. The molecule has 1 aliphatic heterocycles. The number of nitrogens with one attached hydrogen (secondary N) is 1. The highest BCUT2D eigenvalue weighted by Crippen LogP contribution is 2.24. The average molecular weight is 212 g/mol. The predicted octanol–water partition coefficient (Wildman–Crippen LogP) is -0.186. The minimum atomic E-state index is -0.870. The van der Waals surface area contributed by atoms with Gasteiger partial charge in [-0.15, -0.1) is 0 Å². The van der Waals surface area contributed by atoms with Crippen molar-refractivity contribution in [2.75, 3.05) is 13.1 Å². The van der Waals surface area contributed by atoms with Crippen LogP contribution >= 0.6 is 0 Å². The molecule has 1 saturated carbocycles. The summed E-state index contributed by atoms with van der Waals surface area (Å²) in [5.41, 5.74) is 0. The first-order chi connectivity index (χ1) is 7.18. The van der Waals surface area contributed by atoms with E-state index in [1.54, 1.807) is 4.90 Å². The SMILES string of the molecule is O=C(O)C1CN(C2CCCC2)C(=O)CN1. The second-order valence-corrected chi connectivity index (χ2v) is 4.26. The monoisotopic (exact) mass is 212 g/mol. The Morgan fingerprint density at radius 2 is 2.07 bits per heavy atom. The summed E-state index contributed by atoms with van der Waals surface area (Å²) in [6.45, 7) is 0.478. The first-order valence-electron chi connectivity index (χ1n) is 5.44. The maximum absolute atomic E-state index is 11.6. The van der Waals surface area contributed by atoms with Crippen LogP contribution in [0.2, 0.25) is 0 Å². The van der Waals surface area contributed by atoms with Gasteiger partial charge in [-0.3, -0.25) is 14.9 Å². The van der Waals surface area contributed by atoms with E-state index in [0.29, 0.717) is 6.54 Å². The van der Waals surface area contributed by atoms with Crippen molar-refractivity contribution < 1.29 is 14.7 Å². The third-order valence-corrected chi connectivity index (χ3v) is 3.26. The maximum Gasteiger partial charge on any atom is 0.322 e. The molecule has 1 heterocycles. The number of hydrogen-bond donors (Lipinski definition) is 2. The Balaban J connectivity index is 2.01. The molecule has 1 aliphatic carbocycles. The molecule has 0 spiro atoms. The molecule has 15 heavy (non-hydrogen) atoms. The van der Waals surface area contributed by atoms with Crippen LogP contribution in [0.15, 0.2) is 0 Å². The van der Waals surface area contributed by atoms with Gasteiger partial charge in [0.05, 0.1) is 6.54 Å². The van der Waals surface area contributed by atoms with Crippen LogP contribution in [0.25, 0.3) is 0 Å². The summed E-state index contributed by atoms with van der Waals surface area (Å²) < 4.78 is 0. The Morgan fingerprint density at radius 1 is 1.40 bits per heavy atom. The van der Waals surface area contributed by atoms with Crippen molar-refractivity contribution in [1.29, 1.82) is 0 Å². The number of hydrogen-bond acceptors (Lipinski definition) is 3. The lowest BCUT2D eigenvalue weighted by atomic mass is 10.1. The molecule has 2 aliphatic rings. The van der Waals surface area contributed by atoms with Crippen LogP contribution in [0.4, 0.5) is 0 Å². The molecule has 0 bridgehead atoms. The van der Waals surface area contributed by atoms with Crippen LogP contribution in [0, 0.1) is 0 Å². The largest absolute Gasteiger partial charge is 0.480 e. The van der Waals surface area contributed by atoms with Crippen molar-refractivity contribution in [3.63, 3.8) is 0 Å². The van der Waals surface area contributed by atoms with Crippen molar-refractivity contribution in [2.45, 2.75) is 37.8 Å². The van der Waals surface area contributed by atoms with E-state index < -0.39 is 12.0 Å². The zero-order valence-corrected chi connectivity index (χ0v) is 8.61. The molecular formula is C10H16N2O3. The number of rotatable bonds is 2.